The molecule has 0 aliphatic heterocycles. The predicted octanol–water partition coefficient (Wildman–Crippen LogP) is 8.85. The normalized spacial score (nSPS) is 14.5. The summed E-state index contributed by atoms with van der Waals surface area (Å²) < 4.78 is 27.6. The molecule has 2 N–H and O–H groups in total. The Labute approximate surface area is 251 Å². The zero-order chi connectivity index (χ0) is 30.6. The van der Waals surface area contributed by atoms with Gasteiger partial charge < -0.3 is 14.7 Å². The Kier molecular flexibility index (Phi) is 27.5. The number of Topliss-reactive ketones (excluding diaryl/α,β-unsaturated/α-hetero) is 1. The molecule has 8 nitrogen and oxygen atoms in total. The van der Waals surface area contributed by atoms with Crippen LogP contribution in [0.1, 0.15) is 162 Å². The number of phosphoric acid groups is 1. The Morgan fingerprint density at radius 2 is 1.07 bits per heavy atom. The van der Waals surface area contributed by atoms with Gasteiger partial charge >= 0.3 is 13.8 Å². The van der Waals surface area contributed by atoms with Crippen molar-refractivity contribution < 1.29 is 37.9 Å². The van der Waals surface area contributed by atoms with E-state index in [4.69, 9.17) is 13.8 Å². The average molecular weight is 607 g/mol. The molecule has 0 heterocycles. The smallest absolute Gasteiger partial charge is 0.465 e. The summed E-state index contributed by atoms with van der Waals surface area (Å²) in [5.74, 6) is -0.821. The molecule has 0 aromatic heterocycles. The molecule has 0 saturated carbocycles. The summed E-state index contributed by atoms with van der Waals surface area (Å²) in [6.07, 6.45) is 21.3. The van der Waals surface area contributed by atoms with E-state index in [0.717, 1.165) is 38.5 Å². The van der Waals surface area contributed by atoms with Crippen LogP contribution in [-0.2, 0) is 27.9 Å². The minimum atomic E-state index is -4.40. The van der Waals surface area contributed by atoms with Gasteiger partial charge in [0.2, 0.25) is 0 Å². The molecule has 0 fully saturated rings. The molecule has 0 aliphatic carbocycles. The fraction of sp³-hybridized carbons (Fsp3) is 0.938. The monoisotopic (exact) mass is 606 g/mol. The van der Waals surface area contributed by atoms with Gasteiger partial charge in [-0.2, -0.15) is 0 Å². The van der Waals surface area contributed by atoms with Gasteiger partial charge in [-0.1, -0.05) is 124 Å². The second-order valence-electron chi connectivity index (χ2n) is 11.6. The summed E-state index contributed by atoms with van der Waals surface area (Å²) in [6, 6.07) is 0. The maximum Gasteiger partial charge on any atom is 0.472 e. The van der Waals surface area contributed by atoms with Gasteiger partial charge in [0.1, 0.15) is 5.78 Å². The second kappa shape index (κ2) is 28.0. The van der Waals surface area contributed by atoms with Crippen LogP contribution >= 0.6 is 7.82 Å². The summed E-state index contributed by atoms with van der Waals surface area (Å²) in [7, 11) is -4.40. The van der Waals surface area contributed by atoms with Crippen molar-refractivity contribution in [1.82, 2.24) is 0 Å². The van der Waals surface area contributed by atoms with Crippen LogP contribution in [0, 0.1) is 5.92 Å². The molecule has 0 spiro atoms. The first kappa shape index (κ1) is 40.2. The van der Waals surface area contributed by atoms with E-state index < -0.39 is 19.8 Å². The molecular formula is C32H63O8P. The van der Waals surface area contributed by atoms with Crippen molar-refractivity contribution in [2.24, 2.45) is 5.92 Å². The Hall–Kier alpha value is -0.790. The second-order valence-corrected chi connectivity index (χ2v) is 13.0. The van der Waals surface area contributed by atoms with E-state index in [1.165, 1.54) is 77.0 Å². The zero-order valence-electron chi connectivity index (χ0n) is 26.6. The number of ketones is 1. The highest BCUT2D eigenvalue weighted by Crippen LogP contribution is 2.44. The predicted molar refractivity (Wildman–Crippen MR) is 166 cm³/mol. The topological polar surface area (TPSA) is 119 Å². The lowest BCUT2D eigenvalue weighted by Crippen LogP contribution is -2.22. The quantitative estimate of drug-likeness (QED) is 0.0456. The van der Waals surface area contributed by atoms with Gasteiger partial charge in [-0.15, -0.1) is 0 Å². The molecule has 0 radical (unpaired) electrons. The summed E-state index contributed by atoms with van der Waals surface area (Å²) in [5.41, 5.74) is 0. The van der Waals surface area contributed by atoms with Crippen LogP contribution in [0.2, 0.25) is 0 Å². The van der Waals surface area contributed by atoms with Gasteiger partial charge in [-0.05, 0) is 19.3 Å². The van der Waals surface area contributed by atoms with Crippen molar-refractivity contribution in [1.29, 1.82) is 0 Å². The lowest BCUT2D eigenvalue weighted by molar-refractivity contribution is -0.146. The van der Waals surface area contributed by atoms with Gasteiger partial charge in [-0.3, -0.25) is 18.6 Å². The van der Waals surface area contributed by atoms with Crippen molar-refractivity contribution in [2.75, 3.05) is 19.8 Å². The highest BCUT2D eigenvalue weighted by molar-refractivity contribution is 7.47. The molecule has 0 aliphatic rings. The van der Waals surface area contributed by atoms with Crippen LogP contribution in [0.15, 0.2) is 0 Å². The first-order chi connectivity index (χ1) is 19.7. The number of esters is 1. The van der Waals surface area contributed by atoms with Crippen molar-refractivity contribution in [3.63, 3.8) is 0 Å². The van der Waals surface area contributed by atoms with Gasteiger partial charge in [0.25, 0.3) is 0 Å². The molecule has 0 aromatic carbocycles. The number of ether oxygens (including phenoxy) is 1. The highest BCUT2D eigenvalue weighted by atomic mass is 31.2. The fourth-order valence-electron chi connectivity index (χ4n) is 4.62. The summed E-state index contributed by atoms with van der Waals surface area (Å²) in [5, 5.41) is 9.60. The number of carbonyl (C=O) groups is 2. The number of carbonyl (C=O) groups excluding carboxylic acids is 2. The van der Waals surface area contributed by atoms with Gasteiger partial charge in [0.05, 0.1) is 25.9 Å². The van der Waals surface area contributed by atoms with Crippen LogP contribution in [0.3, 0.4) is 0 Å². The number of hydrogen-bond donors (Lipinski definition) is 2. The standard InChI is InChI=1S/C32H63O8P/c1-4-7-9-11-13-15-17-19-21-23-31(34)25-29(27-39-41(36,37)40-28-30(33)6-3)26-38-32(35)24-22-20-18-16-14-12-10-8-5-2/h29-30,33H,4-28H2,1-3H3,(H,36,37)/t29-,30?/m1/s1. The van der Waals surface area contributed by atoms with Crippen molar-refractivity contribution in [2.45, 2.75) is 168 Å². The molecule has 0 rings (SSSR count). The van der Waals surface area contributed by atoms with Crippen molar-refractivity contribution >= 4 is 19.6 Å². The molecule has 9 heteroatoms. The summed E-state index contributed by atoms with van der Waals surface area (Å²) >= 11 is 0. The lowest BCUT2D eigenvalue weighted by atomic mass is 10.00. The third kappa shape index (κ3) is 27.8. The fourth-order valence-corrected chi connectivity index (χ4v) is 5.45. The Bertz CT molecular complexity index is 672. The van der Waals surface area contributed by atoms with E-state index in [0.29, 0.717) is 19.3 Å². The molecule has 244 valence electrons. The number of hydrogen-bond acceptors (Lipinski definition) is 7. The van der Waals surface area contributed by atoms with Crippen molar-refractivity contribution in [3.8, 4) is 0 Å². The third-order valence-electron chi connectivity index (χ3n) is 7.41. The maximum absolute atomic E-state index is 12.6. The molecule has 3 atom stereocenters. The number of rotatable bonds is 31. The molecule has 0 aromatic rings. The van der Waals surface area contributed by atoms with Gasteiger partial charge in [0, 0.05) is 25.2 Å². The van der Waals surface area contributed by atoms with E-state index in [1.54, 1.807) is 6.92 Å². The first-order valence-electron chi connectivity index (χ1n) is 16.7. The summed E-state index contributed by atoms with van der Waals surface area (Å²) in [4.78, 5) is 34.9. The zero-order valence-corrected chi connectivity index (χ0v) is 27.5. The minimum Gasteiger partial charge on any atom is -0.465 e. The number of aliphatic hydroxyl groups is 1. The molecule has 0 saturated heterocycles. The lowest BCUT2D eigenvalue weighted by Gasteiger charge is -2.19. The van der Waals surface area contributed by atoms with Gasteiger partial charge in [-0.25, -0.2) is 4.57 Å². The van der Waals surface area contributed by atoms with Gasteiger partial charge in [0.15, 0.2) is 0 Å². The van der Waals surface area contributed by atoms with E-state index in [2.05, 4.69) is 13.8 Å². The number of phosphoric ester groups is 1. The van der Waals surface area contributed by atoms with E-state index in [-0.39, 0.29) is 38.0 Å². The molecule has 41 heavy (non-hydrogen) atoms. The highest BCUT2D eigenvalue weighted by Gasteiger charge is 2.26. The van der Waals surface area contributed by atoms with E-state index in [1.807, 2.05) is 0 Å². The third-order valence-corrected chi connectivity index (χ3v) is 8.37. The van der Waals surface area contributed by atoms with Crippen LogP contribution in [0.25, 0.3) is 0 Å². The van der Waals surface area contributed by atoms with Crippen LogP contribution in [-0.4, -0.2) is 47.7 Å². The van der Waals surface area contributed by atoms with Crippen LogP contribution in [0.4, 0.5) is 0 Å². The number of aliphatic hydroxyl groups excluding tert-OH is 1. The van der Waals surface area contributed by atoms with E-state index >= 15 is 0 Å². The molecule has 2 unspecified atom stereocenters. The van der Waals surface area contributed by atoms with Crippen LogP contribution < -0.4 is 0 Å². The molecule has 0 bridgehead atoms. The SMILES string of the molecule is CCCCCCCCCCCC(=O)C[C@H](COC(=O)CCCCCCCCCCC)COP(=O)(O)OCC(O)CC. The Balaban J connectivity index is 4.46. The summed E-state index contributed by atoms with van der Waals surface area (Å²) in [6.45, 7) is 5.55. The molecular weight excluding hydrogens is 543 g/mol. The molecule has 0 amide bonds. The Morgan fingerprint density at radius 3 is 1.56 bits per heavy atom. The maximum atomic E-state index is 12.6. The van der Waals surface area contributed by atoms with E-state index in [9.17, 15) is 24.2 Å². The van der Waals surface area contributed by atoms with Crippen molar-refractivity contribution in [3.05, 3.63) is 0 Å². The Morgan fingerprint density at radius 1 is 0.634 bits per heavy atom. The average Bonchev–Trinajstić information content (AvgIpc) is 2.95. The largest absolute Gasteiger partial charge is 0.472 e. The number of unbranched alkanes of at least 4 members (excludes halogenated alkanes) is 16. The van der Waals surface area contributed by atoms with Crippen LogP contribution in [0.5, 0.6) is 0 Å². The first-order valence-corrected chi connectivity index (χ1v) is 18.2. The minimum absolute atomic E-state index is 0.0339.